The molecule has 0 atom stereocenters. The summed E-state index contributed by atoms with van der Waals surface area (Å²) in [5.41, 5.74) is 1.47. The van der Waals surface area contributed by atoms with Crippen LogP contribution >= 0.6 is 11.6 Å². The van der Waals surface area contributed by atoms with Crippen molar-refractivity contribution < 1.29 is 27.2 Å². The SMILES string of the molecule is COc1cc(/C=N\NC(=O)C(O)(c2ccccc2)c2ccccc2)cc(Cl)c1OS(=O)(=O)c1ccccc1. The van der Waals surface area contributed by atoms with Crippen LogP contribution in [0.5, 0.6) is 11.5 Å². The predicted octanol–water partition coefficient (Wildman–Crippen LogP) is 4.50. The Kier molecular flexibility index (Phi) is 8.11. The third-order valence-electron chi connectivity index (χ3n) is 5.57. The van der Waals surface area contributed by atoms with E-state index in [1.807, 2.05) is 0 Å². The first-order chi connectivity index (χ1) is 18.3. The number of halogens is 1. The number of methoxy groups -OCH3 is 1. The lowest BCUT2D eigenvalue weighted by Gasteiger charge is -2.27. The average Bonchev–Trinajstić information content (AvgIpc) is 2.95. The van der Waals surface area contributed by atoms with E-state index < -0.39 is 21.6 Å². The fraction of sp³-hybridized carbons (Fsp3) is 0.0714. The minimum Gasteiger partial charge on any atom is -0.493 e. The van der Waals surface area contributed by atoms with Crippen LogP contribution in [0.1, 0.15) is 16.7 Å². The molecule has 8 nitrogen and oxygen atoms in total. The summed E-state index contributed by atoms with van der Waals surface area (Å²) in [4.78, 5) is 13.1. The van der Waals surface area contributed by atoms with E-state index >= 15 is 0 Å². The highest BCUT2D eigenvalue weighted by molar-refractivity contribution is 7.87. The lowest BCUT2D eigenvalue weighted by Crippen LogP contribution is -2.43. The van der Waals surface area contributed by atoms with E-state index in [0.29, 0.717) is 16.7 Å². The Hall–Kier alpha value is -4.18. The molecule has 0 unspecified atom stereocenters. The number of amides is 1. The molecular weight excluding hydrogens is 528 g/mol. The molecule has 2 N–H and O–H groups in total. The van der Waals surface area contributed by atoms with Crippen molar-refractivity contribution in [2.45, 2.75) is 10.5 Å². The van der Waals surface area contributed by atoms with E-state index in [2.05, 4.69) is 10.5 Å². The van der Waals surface area contributed by atoms with Crippen LogP contribution in [0, 0.1) is 0 Å². The Labute approximate surface area is 225 Å². The molecule has 38 heavy (non-hydrogen) atoms. The molecule has 0 radical (unpaired) electrons. The molecule has 10 heteroatoms. The maximum absolute atomic E-state index is 13.2. The molecular formula is C28H23ClN2O6S. The topological polar surface area (TPSA) is 114 Å². The summed E-state index contributed by atoms with van der Waals surface area (Å²) in [6.07, 6.45) is 1.28. The maximum atomic E-state index is 13.2. The van der Waals surface area contributed by atoms with Crippen molar-refractivity contribution in [2.24, 2.45) is 5.10 Å². The summed E-state index contributed by atoms with van der Waals surface area (Å²) in [6.45, 7) is 0. The van der Waals surface area contributed by atoms with Crippen LogP contribution in [-0.2, 0) is 20.5 Å². The smallest absolute Gasteiger partial charge is 0.339 e. The summed E-state index contributed by atoms with van der Waals surface area (Å²) in [5, 5.41) is 15.4. The Balaban J connectivity index is 1.58. The predicted molar refractivity (Wildman–Crippen MR) is 144 cm³/mol. The first kappa shape index (κ1) is 26.9. The van der Waals surface area contributed by atoms with E-state index in [1.54, 1.807) is 78.9 Å². The molecule has 1 amide bonds. The molecule has 0 saturated heterocycles. The molecule has 4 rings (SSSR count). The summed E-state index contributed by atoms with van der Waals surface area (Å²) in [6, 6.07) is 27.4. The van der Waals surface area contributed by atoms with Crippen LogP contribution in [0.2, 0.25) is 5.02 Å². The quantitative estimate of drug-likeness (QED) is 0.180. The van der Waals surface area contributed by atoms with Crippen molar-refractivity contribution in [3.63, 3.8) is 0 Å². The first-order valence-electron chi connectivity index (χ1n) is 11.3. The van der Waals surface area contributed by atoms with Gasteiger partial charge in [-0.25, -0.2) is 5.43 Å². The number of ether oxygens (including phenoxy) is 1. The van der Waals surface area contributed by atoms with Gasteiger partial charge in [0.15, 0.2) is 11.4 Å². The fourth-order valence-corrected chi connectivity index (χ4v) is 4.96. The second-order valence-electron chi connectivity index (χ2n) is 8.03. The van der Waals surface area contributed by atoms with Crippen LogP contribution in [0.3, 0.4) is 0 Å². The van der Waals surface area contributed by atoms with Gasteiger partial charge in [-0.3, -0.25) is 4.79 Å². The standard InChI is InChI=1S/C28H23ClN2O6S/c1-36-25-18-20(17-24(29)26(25)37-38(34,35)23-15-9-4-10-16-23)19-30-31-27(32)28(33,21-11-5-2-6-12-21)22-13-7-3-8-14-22/h2-19,33H,1H3,(H,31,32)/b30-19-. The van der Waals surface area contributed by atoms with Crippen LogP contribution in [0.25, 0.3) is 0 Å². The number of benzene rings is 4. The van der Waals surface area contributed by atoms with Crippen molar-refractivity contribution in [1.29, 1.82) is 0 Å². The molecule has 4 aromatic carbocycles. The van der Waals surface area contributed by atoms with Gasteiger partial charge in [0.05, 0.1) is 18.3 Å². The molecule has 0 aliphatic rings. The largest absolute Gasteiger partial charge is 0.493 e. The third-order valence-corrected chi connectivity index (χ3v) is 7.08. The van der Waals surface area contributed by atoms with Gasteiger partial charge in [-0.05, 0) is 41.0 Å². The summed E-state index contributed by atoms with van der Waals surface area (Å²) in [7, 11) is -2.83. The minimum atomic E-state index is -4.16. The molecule has 0 aliphatic heterocycles. The number of carbonyl (C=O) groups excluding carboxylic acids is 1. The zero-order chi connectivity index (χ0) is 27.2. The Morgan fingerprint density at radius 2 is 1.45 bits per heavy atom. The highest BCUT2D eigenvalue weighted by Gasteiger charge is 2.39. The number of nitrogens with one attached hydrogen (secondary N) is 1. The zero-order valence-electron chi connectivity index (χ0n) is 20.1. The normalized spacial score (nSPS) is 11.8. The monoisotopic (exact) mass is 550 g/mol. The molecule has 4 aromatic rings. The number of carbonyl (C=O) groups is 1. The highest BCUT2D eigenvalue weighted by Crippen LogP contribution is 2.38. The fourth-order valence-electron chi connectivity index (χ4n) is 3.67. The number of hydrazone groups is 1. The lowest BCUT2D eigenvalue weighted by atomic mass is 9.85. The van der Waals surface area contributed by atoms with Gasteiger partial charge in [0.1, 0.15) is 4.90 Å². The van der Waals surface area contributed by atoms with E-state index in [9.17, 15) is 18.3 Å². The van der Waals surface area contributed by atoms with Crippen molar-refractivity contribution in [3.8, 4) is 11.5 Å². The Bertz CT molecular complexity index is 1510. The van der Waals surface area contributed by atoms with Crippen molar-refractivity contribution in [3.05, 3.63) is 125 Å². The molecule has 0 aliphatic carbocycles. The average molecular weight is 551 g/mol. The Morgan fingerprint density at radius 1 is 0.921 bits per heavy atom. The van der Waals surface area contributed by atoms with Crippen LogP contribution < -0.4 is 14.3 Å². The molecule has 194 valence electrons. The molecule has 0 heterocycles. The number of aliphatic hydroxyl groups is 1. The second kappa shape index (κ2) is 11.5. The zero-order valence-corrected chi connectivity index (χ0v) is 21.7. The molecule has 0 fully saturated rings. The van der Waals surface area contributed by atoms with E-state index in [0.717, 1.165) is 0 Å². The highest BCUT2D eigenvalue weighted by atomic mass is 35.5. The molecule has 0 saturated carbocycles. The molecule has 0 bridgehead atoms. The van der Waals surface area contributed by atoms with E-state index in [-0.39, 0.29) is 21.4 Å². The van der Waals surface area contributed by atoms with Crippen LogP contribution in [0.15, 0.2) is 113 Å². The van der Waals surface area contributed by atoms with Gasteiger partial charge >= 0.3 is 10.1 Å². The van der Waals surface area contributed by atoms with Crippen molar-refractivity contribution >= 4 is 33.8 Å². The minimum absolute atomic E-state index is 0.0369. The van der Waals surface area contributed by atoms with Crippen LogP contribution in [0.4, 0.5) is 0 Å². The molecule has 0 aromatic heterocycles. The lowest BCUT2D eigenvalue weighted by molar-refractivity contribution is -0.136. The number of nitrogens with zero attached hydrogens (tertiary/aromatic N) is 1. The van der Waals surface area contributed by atoms with E-state index in [4.69, 9.17) is 20.5 Å². The Morgan fingerprint density at radius 3 is 1.97 bits per heavy atom. The first-order valence-corrected chi connectivity index (χ1v) is 13.1. The summed E-state index contributed by atoms with van der Waals surface area (Å²) < 4.78 is 35.8. The maximum Gasteiger partial charge on any atom is 0.339 e. The number of hydrogen-bond donors (Lipinski definition) is 2. The van der Waals surface area contributed by atoms with Gasteiger partial charge in [-0.15, -0.1) is 0 Å². The van der Waals surface area contributed by atoms with Crippen LogP contribution in [-0.4, -0.2) is 32.8 Å². The summed E-state index contributed by atoms with van der Waals surface area (Å²) in [5.74, 6) is -0.935. The third kappa shape index (κ3) is 5.70. The van der Waals surface area contributed by atoms with Gasteiger partial charge in [0.2, 0.25) is 5.75 Å². The van der Waals surface area contributed by atoms with Gasteiger partial charge in [0, 0.05) is 0 Å². The van der Waals surface area contributed by atoms with Crippen molar-refractivity contribution in [2.75, 3.05) is 7.11 Å². The van der Waals surface area contributed by atoms with Gasteiger partial charge in [-0.2, -0.15) is 13.5 Å². The number of hydrogen-bond acceptors (Lipinski definition) is 7. The van der Waals surface area contributed by atoms with Gasteiger partial charge in [-0.1, -0.05) is 90.5 Å². The number of rotatable bonds is 9. The van der Waals surface area contributed by atoms with Gasteiger partial charge < -0.3 is 14.0 Å². The second-order valence-corrected chi connectivity index (χ2v) is 9.98. The van der Waals surface area contributed by atoms with Gasteiger partial charge in [0.25, 0.3) is 5.91 Å². The van der Waals surface area contributed by atoms with E-state index in [1.165, 1.54) is 37.6 Å². The summed E-state index contributed by atoms with van der Waals surface area (Å²) >= 11 is 6.32. The molecule has 0 spiro atoms. The van der Waals surface area contributed by atoms with Crippen molar-refractivity contribution in [1.82, 2.24) is 5.43 Å².